The fourth-order valence-corrected chi connectivity index (χ4v) is 2.15. The molecule has 0 aliphatic heterocycles. The highest BCUT2D eigenvalue weighted by molar-refractivity contribution is 5.94. The maximum absolute atomic E-state index is 12.2. The molecule has 126 valence electrons. The smallest absolute Gasteiger partial charge is 0.265 e. The lowest BCUT2D eigenvalue weighted by Crippen LogP contribution is -2.30. The average Bonchev–Trinajstić information content (AvgIpc) is 2.56. The van der Waals surface area contributed by atoms with E-state index in [1.54, 1.807) is 31.2 Å². The lowest BCUT2D eigenvalue weighted by Gasteiger charge is -2.15. The Hall–Kier alpha value is -2.82. The molecule has 1 atom stereocenters. The standard InChI is InChI=1S/C19H22N2O3/c1-4-15-5-11-18(12-6-15)24-13(2)19(23)21-17-9-7-16(8-10-17)20-14(3)22/h5-13H,4H2,1-3H3,(H,20,22)(H,21,23)/t13-/m0/s1. The second-order valence-electron chi connectivity index (χ2n) is 5.51. The Morgan fingerprint density at radius 3 is 2.00 bits per heavy atom. The van der Waals surface area contributed by atoms with Gasteiger partial charge in [0.05, 0.1) is 0 Å². The quantitative estimate of drug-likeness (QED) is 0.852. The Morgan fingerprint density at radius 1 is 0.958 bits per heavy atom. The predicted molar refractivity (Wildman–Crippen MR) is 95.3 cm³/mol. The van der Waals surface area contributed by atoms with Crippen molar-refractivity contribution in [2.24, 2.45) is 0 Å². The molecule has 0 saturated carbocycles. The normalized spacial score (nSPS) is 11.5. The molecule has 5 heteroatoms. The highest BCUT2D eigenvalue weighted by atomic mass is 16.5. The minimum Gasteiger partial charge on any atom is -0.481 e. The summed E-state index contributed by atoms with van der Waals surface area (Å²) < 4.78 is 5.66. The van der Waals surface area contributed by atoms with Gasteiger partial charge in [-0.15, -0.1) is 0 Å². The third-order valence-electron chi connectivity index (χ3n) is 3.49. The molecule has 2 rings (SSSR count). The lowest BCUT2D eigenvalue weighted by atomic mass is 10.2. The van der Waals surface area contributed by atoms with Crippen molar-refractivity contribution in [2.75, 3.05) is 10.6 Å². The monoisotopic (exact) mass is 326 g/mol. The van der Waals surface area contributed by atoms with Crippen LogP contribution in [-0.2, 0) is 16.0 Å². The molecule has 0 saturated heterocycles. The van der Waals surface area contributed by atoms with E-state index in [1.807, 2.05) is 24.3 Å². The van der Waals surface area contributed by atoms with Gasteiger partial charge in [0.1, 0.15) is 5.75 Å². The molecule has 2 aromatic rings. The number of amides is 2. The van der Waals surface area contributed by atoms with Crippen molar-refractivity contribution in [1.82, 2.24) is 0 Å². The molecule has 2 N–H and O–H groups in total. The topological polar surface area (TPSA) is 67.4 Å². The van der Waals surface area contributed by atoms with E-state index >= 15 is 0 Å². The molecule has 0 fully saturated rings. The van der Waals surface area contributed by atoms with Crippen LogP contribution in [0, 0.1) is 0 Å². The zero-order valence-electron chi connectivity index (χ0n) is 14.1. The van der Waals surface area contributed by atoms with Crippen molar-refractivity contribution < 1.29 is 14.3 Å². The van der Waals surface area contributed by atoms with Gasteiger partial charge in [0.15, 0.2) is 6.10 Å². The van der Waals surface area contributed by atoms with Crippen LogP contribution in [0.5, 0.6) is 5.75 Å². The summed E-state index contributed by atoms with van der Waals surface area (Å²) in [5, 5.41) is 5.46. The molecule has 0 heterocycles. The van der Waals surface area contributed by atoms with Gasteiger partial charge >= 0.3 is 0 Å². The van der Waals surface area contributed by atoms with Gasteiger partial charge in [-0.25, -0.2) is 0 Å². The number of ether oxygens (including phenoxy) is 1. The molecule has 0 bridgehead atoms. The van der Waals surface area contributed by atoms with Crippen LogP contribution in [0.2, 0.25) is 0 Å². The first-order valence-electron chi connectivity index (χ1n) is 7.92. The summed E-state index contributed by atoms with van der Waals surface area (Å²) in [6.45, 7) is 5.24. The van der Waals surface area contributed by atoms with E-state index in [9.17, 15) is 9.59 Å². The van der Waals surface area contributed by atoms with Crippen molar-refractivity contribution in [3.63, 3.8) is 0 Å². The first kappa shape index (κ1) is 17.5. The number of rotatable bonds is 6. The van der Waals surface area contributed by atoms with Gasteiger partial charge in [-0.05, 0) is 55.3 Å². The fraction of sp³-hybridized carbons (Fsp3) is 0.263. The molecule has 0 unspecified atom stereocenters. The van der Waals surface area contributed by atoms with Gasteiger partial charge in [0, 0.05) is 18.3 Å². The van der Waals surface area contributed by atoms with Gasteiger partial charge in [0.25, 0.3) is 5.91 Å². The van der Waals surface area contributed by atoms with Crippen LogP contribution in [0.1, 0.15) is 26.3 Å². The van der Waals surface area contributed by atoms with Gasteiger partial charge in [-0.1, -0.05) is 19.1 Å². The van der Waals surface area contributed by atoms with E-state index in [4.69, 9.17) is 4.74 Å². The van der Waals surface area contributed by atoms with Crippen LogP contribution < -0.4 is 15.4 Å². The first-order valence-corrected chi connectivity index (χ1v) is 7.92. The zero-order chi connectivity index (χ0) is 17.5. The molecule has 2 amide bonds. The molecule has 0 aliphatic carbocycles. The SMILES string of the molecule is CCc1ccc(O[C@@H](C)C(=O)Nc2ccc(NC(C)=O)cc2)cc1. The summed E-state index contributed by atoms with van der Waals surface area (Å²) in [7, 11) is 0. The number of carbonyl (C=O) groups is 2. The lowest BCUT2D eigenvalue weighted by molar-refractivity contribution is -0.122. The second kappa shape index (κ2) is 8.15. The highest BCUT2D eigenvalue weighted by Crippen LogP contribution is 2.16. The number of hydrogen-bond donors (Lipinski definition) is 2. The van der Waals surface area contributed by atoms with Gasteiger partial charge < -0.3 is 15.4 Å². The van der Waals surface area contributed by atoms with Gasteiger partial charge in [-0.2, -0.15) is 0 Å². The number of aryl methyl sites for hydroxylation is 1. The number of benzene rings is 2. The zero-order valence-corrected chi connectivity index (χ0v) is 14.1. The minimum atomic E-state index is -0.618. The first-order chi connectivity index (χ1) is 11.5. The van der Waals surface area contributed by atoms with Crippen molar-refractivity contribution in [2.45, 2.75) is 33.3 Å². The van der Waals surface area contributed by atoms with Crippen molar-refractivity contribution in [1.29, 1.82) is 0 Å². The number of nitrogens with one attached hydrogen (secondary N) is 2. The molecule has 24 heavy (non-hydrogen) atoms. The maximum Gasteiger partial charge on any atom is 0.265 e. The Balaban J connectivity index is 1.91. The Kier molecular flexibility index (Phi) is 5.95. The van der Waals surface area contributed by atoms with E-state index in [1.165, 1.54) is 12.5 Å². The molecule has 2 aromatic carbocycles. The van der Waals surface area contributed by atoms with E-state index in [0.717, 1.165) is 6.42 Å². The molecule has 5 nitrogen and oxygen atoms in total. The van der Waals surface area contributed by atoms with E-state index in [0.29, 0.717) is 17.1 Å². The molecule has 0 aromatic heterocycles. The van der Waals surface area contributed by atoms with E-state index in [2.05, 4.69) is 17.6 Å². The minimum absolute atomic E-state index is 0.136. The summed E-state index contributed by atoms with van der Waals surface area (Å²) in [6, 6.07) is 14.6. The van der Waals surface area contributed by atoms with Crippen LogP contribution in [-0.4, -0.2) is 17.9 Å². The average molecular weight is 326 g/mol. The van der Waals surface area contributed by atoms with Crippen molar-refractivity contribution in [3.05, 3.63) is 54.1 Å². The van der Waals surface area contributed by atoms with Crippen LogP contribution in [0.15, 0.2) is 48.5 Å². The molecular weight excluding hydrogens is 304 g/mol. The third-order valence-corrected chi connectivity index (χ3v) is 3.49. The van der Waals surface area contributed by atoms with Crippen LogP contribution >= 0.6 is 0 Å². The van der Waals surface area contributed by atoms with Crippen LogP contribution in [0.4, 0.5) is 11.4 Å². The summed E-state index contributed by atoms with van der Waals surface area (Å²) in [6.07, 6.45) is 0.345. The van der Waals surface area contributed by atoms with Crippen molar-refractivity contribution >= 4 is 23.2 Å². The van der Waals surface area contributed by atoms with Gasteiger partial charge in [0.2, 0.25) is 5.91 Å². The summed E-state index contributed by atoms with van der Waals surface area (Å²) >= 11 is 0. The number of carbonyl (C=O) groups excluding carboxylic acids is 2. The summed E-state index contributed by atoms with van der Waals surface area (Å²) in [4.78, 5) is 23.2. The predicted octanol–water partition coefficient (Wildman–Crippen LogP) is 3.61. The molecular formula is C19H22N2O3. The Labute approximate surface area is 142 Å². The molecule has 0 spiro atoms. The summed E-state index contributed by atoms with van der Waals surface area (Å²) in [5.41, 5.74) is 2.55. The van der Waals surface area contributed by atoms with Crippen molar-refractivity contribution in [3.8, 4) is 5.75 Å². The maximum atomic E-state index is 12.2. The van der Waals surface area contributed by atoms with Crippen LogP contribution in [0.3, 0.4) is 0 Å². The molecule has 0 radical (unpaired) electrons. The largest absolute Gasteiger partial charge is 0.481 e. The Bertz CT molecular complexity index is 694. The van der Waals surface area contributed by atoms with E-state index in [-0.39, 0.29) is 11.8 Å². The molecule has 0 aliphatic rings. The van der Waals surface area contributed by atoms with Gasteiger partial charge in [-0.3, -0.25) is 9.59 Å². The second-order valence-corrected chi connectivity index (χ2v) is 5.51. The third kappa shape index (κ3) is 5.12. The number of hydrogen-bond acceptors (Lipinski definition) is 3. The summed E-state index contributed by atoms with van der Waals surface area (Å²) in [5.74, 6) is 0.292. The highest BCUT2D eigenvalue weighted by Gasteiger charge is 2.14. The van der Waals surface area contributed by atoms with Crippen LogP contribution in [0.25, 0.3) is 0 Å². The Morgan fingerprint density at radius 2 is 1.50 bits per heavy atom. The number of anilines is 2. The fourth-order valence-electron chi connectivity index (χ4n) is 2.15. The van der Waals surface area contributed by atoms with E-state index < -0.39 is 6.10 Å².